The van der Waals surface area contributed by atoms with Crippen LogP contribution in [0.2, 0.25) is 0 Å². The van der Waals surface area contributed by atoms with Crippen LogP contribution in [0.5, 0.6) is 0 Å². The normalized spacial score (nSPS) is 14.0. The van der Waals surface area contributed by atoms with E-state index in [0.717, 1.165) is 28.7 Å². The SMILES string of the molecule is CCC[C@H](CC(=O)N[C@@H](CCC)C(=O)O)NC(=O)OCC1c2ccccc2-c2ccccc21. The third kappa shape index (κ3) is 6.12. The van der Waals surface area contributed by atoms with Gasteiger partial charge in [0.1, 0.15) is 12.6 Å². The van der Waals surface area contributed by atoms with Gasteiger partial charge in [0.15, 0.2) is 0 Å². The van der Waals surface area contributed by atoms with E-state index in [-0.39, 0.29) is 18.9 Å². The van der Waals surface area contributed by atoms with E-state index in [9.17, 15) is 19.5 Å². The Morgan fingerprint density at radius 2 is 1.48 bits per heavy atom. The van der Waals surface area contributed by atoms with Crippen LogP contribution in [-0.4, -0.2) is 41.8 Å². The molecule has 0 aliphatic heterocycles. The second kappa shape index (κ2) is 11.5. The average molecular weight is 453 g/mol. The van der Waals surface area contributed by atoms with Crippen LogP contribution in [0, 0.1) is 0 Å². The fraction of sp³-hybridized carbons (Fsp3) is 0.423. The number of amides is 2. The summed E-state index contributed by atoms with van der Waals surface area (Å²) in [6.07, 6.45) is 1.78. The van der Waals surface area contributed by atoms with Gasteiger partial charge in [0.05, 0.1) is 0 Å². The number of carbonyl (C=O) groups is 3. The lowest BCUT2D eigenvalue weighted by Crippen LogP contribution is -2.44. The van der Waals surface area contributed by atoms with Gasteiger partial charge in [-0.1, -0.05) is 75.2 Å². The Morgan fingerprint density at radius 3 is 2.03 bits per heavy atom. The maximum absolute atomic E-state index is 12.6. The first kappa shape index (κ1) is 24.3. The number of hydrogen-bond acceptors (Lipinski definition) is 4. The fourth-order valence-corrected chi connectivity index (χ4v) is 4.40. The van der Waals surface area contributed by atoms with E-state index >= 15 is 0 Å². The minimum Gasteiger partial charge on any atom is -0.480 e. The summed E-state index contributed by atoms with van der Waals surface area (Å²) in [5.41, 5.74) is 4.57. The van der Waals surface area contributed by atoms with Gasteiger partial charge in [-0.05, 0) is 35.1 Å². The molecule has 0 aromatic heterocycles. The molecular formula is C26H32N2O5. The Morgan fingerprint density at radius 1 is 0.909 bits per heavy atom. The summed E-state index contributed by atoms with van der Waals surface area (Å²) < 4.78 is 5.58. The second-order valence-electron chi connectivity index (χ2n) is 8.41. The maximum Gasteiger partial charge on any atom is 0.407 e. The quantitative estimate of drug-likeness (QED) is 0.467. The van der Waals surface area contributed by atoms with Crippen molar-refractivity contribution in [2.75, 3.05) is 6.61 Å². The van der Waals surface area contributed by atoms with Gasteiger partial charge in [0, 0.05) is 18.4 Å². The number of aliphatic carboxylic acids is 1. The number of benzene rings is 2. The number of carboxylic acids is 1. The van der Waals surface area contributed by atoms with Gasteiger partial charge in [0.2, 0.25) is 5.91 Å². The fourth-order valence-electron chi connectivity index (χ4n) is 4.40. The molecule has 0 heterocycles. The zero-order valence-electron chi connectivity index (χ0n) is 19.2. The highest BCUT2D eigenvalue weighted by molar-refractivity contribution is 5.84. The number of ether oxygens (including phenoxy) is 1. The van der Waals surface area contributed by atoms with Gasteiger partial charge in [-0.3, -0.25) is 4.79 Å². The molecule has 0 bridgehead atoms. The molecule has 3 N–H and O–H groups in total. The van der Waals surface area contributed by atoms with Gasteiger partial charge in [-0.25, -0.2) is 9.59 Å². The zero-order chi connectivity index (χ0) is 23.8. The molecule has 176 valence electrons. The van der Waals surface area contributed by atoms with E-state index in [1.807, 2.05) is 38.1 Å². The topological polar surface area (TPSA) is 105 Å². The summed E-state index contributed by atoms with van der Waals surface area (Å²) in [7, 11) is 0. The zero-order valence-corrected chi connectivity index (χ0v) is 19.2. The van der Waals surface area contributed by atoms with E-state index in [2.05, 4.69) is 34.9 Å². The number of carbonyl (C=O) groups excluding carboxylic acids is 2. The van der Waals surface area contributed by atoms with Gasteiger partial charge in [-0.2, -0.15) is 0 Å². The van der Waals surface area contributed by atoms with Crippen LogP contribution in [0.25, 0.3) is 11.1 Å². The standard InChI is InChI=1S/C26H32N2O5/c1-3-9-17(15-24(29)28-23(10-4-2)25(30)31)27-26(32)33-16-22-20-13-7-5-11-18(20)19-12-6-8-14-21(19)22/h5-8,11-14,17,22-23H,3-4,9-10,15-16H2,1-2H3,(H,27,32)(H,28,29)(H,30,31)/t17-,23+/m1/s1. The van der Waals surface area contributed by atoms with Crippen LogP contribution in [-0.2, 0) is 14.3 Å². The molecule has 0 fully saturated rings. The highest BCUT2D eigenvalue weighted by atomic mass is 16.5. The smallest absolute Gasteiger partial charge is 0.407 e. The average Bonchev–Trinajstić information content (AvgIpc) is 3.11. The van der Waals surface area contributed by atoms with Crippen molar-refractivity contribution in [3.05, 3.63) is 59.7 Å². The van der Waals surface area contributed by atoms with Gasteiger partial charge in [-0.15, -0.1) is 0 Å². The van der Waals surface area contributed by atoms with E-state index in [1.54, 1.807) is 0 Å². The molecule has 1 aliphatic carbocycles. The summed E-state index contributed by atoms with van der Waals surface area (Å²) in [4.78, 5) is 36.2. The first-order valence-electron chi connectivity index (χ1n) is 11.6. The molecule has 0 radical (unpaired) electrons. The lowest BCUT2D eigenvalue weighted by Gasteiger charge is -2.20. The molecule has 3 rings (SSSR count). The van der Waals surface area contributed by atoms with Crippen LogP contribution in [0.15, 0.2) is 48.5 Å². The minimum atomic E-state index is -1.05. The molecule has 2 atom stereocenters. The van der Waals surface area contributed by atoms with Crippen molar-refractivity contribution in [3.63, 3.8) is 0 Å². The molecule has 0 saturated heterocycles. The molecule has 7 nitrogen and oxygen atoms in total. The summed E-state index contributed by atoms with van der Waals surface area (Å²) >= 11 is 0. The minimum absolute atomic E-state index is 0.00549. The Bertz CT molecular complexity index is 945. The third-order valence-corrected chi connectivity index (χ3v) is 5.95. The van der Waals surface area contributed by atoms with Crippen LogP contribution in [0.1, 0.15) is 63.0 Å². The Balaban J connectivity index is 1.58. The van der Waals surface area contributed by atoms with Crippen molar-refractivity contribution in [3.8, 4) is 11.1 Å². The molecule has 7 heteroatoms. The van der Waals surface area contributed by atoms with Crippen LogP contribution in [0.3, 0.4) is 0 Å². The van der Waals surface area contributed by atoms with E-state index in [0.29, 0.717) is 19.3 Å². The van der Waals surface area contributed by atoms with E-state index in [4.69, 9.17) is 4.74 Å². The second-order valence-corrected chi connectivity index (χ2v) is 8.41. The van der Waals surface area contributed by atoms with Crippen LogP contribution in [0.4, 0.5) is 4.79 Å². The van der Waals surface area contributed by atoms with E-state index < -0.39 is 30.1 Å². The van der Waals surface area contributed by atoms with E-state index in [1.165, 1.54) is 0 Å². The number of carboxylic acid groups (broad SMARTS) is 1. The number of hydrogen-bond donors (Lipinski definition) is 3. The predicted octanol–water partition coefficient (Wildman–Crippen LogP) is 4.45. The lowest BCUT2D eigenvalue weighted by molar-refractivity contribution is -0.142. The number of nitrogens with one attached hydrogen (secondary N) is 2. The first-order valence-corrected chi connectivity index (χ1v) is 11.6. The molecule has 0 saturated carbocycles. The molecule has 33 heavy (non-hydrogen) atoms. The van der Waals surface area contributed by atoms with Gasteiger partial charge >= 0.3 is 12.1 Å². The van der Waals surface area contributed by atoms with Crippen molar-refractivity contribution in [1.82, 2.24) is 10.6 Å². The summed E-state index contributed by atoms with van der Waals surface area (Å²) in [5.74, 6) is -1.49. The van der Waals surface area contributed by atoms with Crippen molar-refractivity contribution in [2.45, 2.75) is 64.0 Å². The number of rotatable bonds is 11. The van der Waals surface area contributed by atoms with Crippen molar-refractivity contribution >= 4 is 18.0 Å². The van der Waals surface area contributed by atoms with Crippen LogP contribution < -0.4 is 10.6 Å². The summed E-state index contributed by atoms with van der Waals surface area (Å²) in [6, 6.07) is 14.9. The Hall–Kier alpha value is -3.35. The van der Waals surface area contributed by atoms with Crippen molar-refractivity contribution < 1.29 is 24.2 Å². The summed E-state index contributed by atoms with van der Waals surface area (Å²) in [6.45, 7) is 4.02. The Kier molecular flexibility index (Phi) is 8.46. The Labute approximate surface area is 194 Å². The largest absolute Gasteiger partial charge is 0.480 e. The van der Waals surface area contributed by atoms with Crippen molar-refractivity contribution in [1.29, 1.82) is 0 Å². The first-order chi connectivity index (χ1) is 15.9. The highest BCUT2D eigenvalue weighted by Gasteiger charge is 2.29. The molecule has 2 amide bonds. The molecular weight excluding hydrogens is 420 g/mol. The molecule has 0 unspecified atom stereocenters. The van der Waals surface area contributed by atoms with Crippen molar-refractivity contribution in [2.24, 2.45) is 0 Å². The third-order valence-electron chi connectivity index (χ3n) is 5.95. The summed E-state index contributed by atoms with van der Waals surface area (Å²) in [5, 5.41) is 14.6. The van der Waals surface area contributed by atoms with Gasteiger partial charge in [0.25, 0.3) is 0 Å². The molecule has 2 aromatic rings. The predicted molar refractivity (Wildman–Crippen MR) is 126 cm³/mol. The van der Waals surface area contributed by atoms with Gasteiger partial charge < -0.3 is 20.5 Å². The monoisotopic (exact) mass is 452 g/mol. The molecule has 2 aromatic carbocycles. The van der Waals surface area contributed by atoms with Crippen LogP contribution >= 0.6 is 0 Å². The number of fused-ring (bicyclic) bond motifs is 3. The number of alkyl carbamates (subject to hydrolysis) is 1. The lowest BCUT2D eigenvalue weighted by atomic mass is 9.98. The molecule has 1 aliphatic rings. The molecule has 0 spiro atoms. The maximum atomic E-state index is 12.6. The highest BCUT2D eigenvalue weighted by Crippen LogP contribution is 2.44.